The highest BCUT2D eigenvalue weighted by Crippen LogP contribution is 2.20. The van der Waals surface area contributed by atoms with Crippen LogP contribution in [-0.2, 0) is 9.53 Å². The maximum absolute atomic E-state index is 12.3. The van der Waals surface area contributed by atoms with Gasteiger partial charge in [0.25, 0.3) is 0 Å². The largest absolute Gasteiger partial charge is 0.442 e. The SMILES string of the molecule is Cc1ccc(C(=O)CCC(=O)NCC2CN(c3ccccc3)C(=O)O2)cc1C. The van der Waals surface area contributed by atoms with Crippen molar-refractivity contribution in [2.75, 3.05) is 18.0 Å². The summed E-state index contributed by atoms with van der Waals surface area (Å²) in [6, 6.07) is 14.8. The molecule has 0 radical (unpaired) electrons. The Hall–Kier alpha value is -3.15. The average molecular weight is 380 g/mol. The van der Waals surface area contributed by atoms with Crippen LogP contribution < -0.4 is 10.2 Å². The van der Waals surface area contributed by atoms with Crippen molar-refractivity contribution in [2.24, 2.45) is 0 Å². The van der Waals surface area contributed by atoms with E-state index in [1.807, 2.05) is 56.3 Å². The molecule has 1 aliphatic heterocycles. The molecule has 1 N–H and O–H groups in total. The fourth-order valence-electron chi connectivity index (χ4n) is 3.05. The summed E-state index contributed by atoms with van der Waals surface area (Å²) >= 11 is 0. The predicted molar refractivity (Wildman–Crippen MR) is 107 cm³/mol. The lowest BCUT2D eigenvalue weighted by molar-refractivity contribution is -0.121. The fourth-order valence-corrected chi connectivity index (χ4v) is 3.05. The van der Waals surface area contributed by atoms with Crippen molar-refractivity contribution < 1.29 is 19.1 Å². The third-order valence-electron chi connectivity index (χ3n) is 4.88. The molecule has 28 heavy (non-hydrogen) atoms. The summed E-state index contributed by atoms with van der Waals surface area (Å²) in [6.07, 6.45) is -0.577. The Labute approximate surface area is 164 Å². The molecule has 1 fully saturated rings. The number of hydrogen-bond donors (Lipinski definition) is 1. The number of Topliss-reactive ketones (excluding diaryl/α,β-unsaturated/α-hetero) is 1. The monoisotopic (exact) mass is 380 g/mol. The molecule has 0 aliphatic carbocycles. The molecule has 3 rings (SSSR count). The number of hydrogen-bond acceptors (Lipinski definition) is 4. The molecule has 0 saturated carbocycles. The van der Waals surface area contributed by atoms with E-state index in [0.717, 1.165) is 16.8 Å². The van der Waals surface area contributed by atoms with E-state index in [2.05, 4.69) is 5.32 Å². The molecule has 146 valence electrons. The summed E-state index contributed by atoms with van der Waals surface area (Å²) in [7, 11) is 0. The van der Waals surface area contributed by atoms with Gasteiger partial charge in [0.1, 0.15) is 6.10 Å². The number of ether oxygens (including phenoxy) is 1. The van der Waals surface area contributed by atoms with Gasteiger partial charge in [0, 0.05) is 24.1 Å². The van der Waals surface area contributed by atoms with Crippen LogP contribution in [0.1, 0.15) is 34.3 Å². The number of benzene rings is 2. The lowest BCUT2D eigenvalue weighted by Gasteiger charge is -2.12. The van der Waals surface area contributed by atoms with Gasteiger partial charge in [-0.25, -0.2) is 4.79 Å². The zero-order valence-electron chi connectivity index (χ0n) is 16.1. The average Bonchev–Trinajstić information content (AvgIpc) is 3.08. The normalized spacial score (nSPS) is 16.0. The van der Waals surface area contributed by atoms with Crippen LogP contribution >= 0.6 is 0 Å². The Morgan fingerprint density at radius 2 is 1.82 bits per heavy atom. The number of nitrogens with one attached hydrogen (secondary N) is 1. The van der Waals surface area contributed by atoms with Gasteiger partial charge in [-0.2, -0.15) is 0 Å². The third-order valence-corrected chi connectivity index (χ3v) is 4.88. The van der Waals surface area contributed by atoms with Crippen molar-refractivity contribution in [3.63, 3.8) is 0 Å². The van der Waals surface area contributed by atoms with Crippen LogP contribution in [0.3, 0.4) is 0 Å². The Morgan fingerprint density at radius 1 is 1.07 bits per heavy atom. The first-order chi connectivity index (χ1) is 13.4. The predicted octanol–water partition coefficient (Wildman–Crippen LogP) is 3.41. The van der Waals surface area contributed by atoms with Crippen molar-refractivity contribution in [2.45, 2.75) is 32.8 Å². The standard InChI is InChI=1S/C22H24N2O4/c1-15-8-9-17(12-16(15)2)20(25)10-11-21(26)23-13-19-14-24(22(27)28-19)18-6-4-3-5-7-18/h3-9,12,19H,10-11,13-14H2,1-2H3,(H,23,26). The molecule has 1 heterocycles. The number of rotatable bonds is 7. The molecule has 2 aromatic rings. The molecule has 0 spiro atoms. The smallest absolute Gasteiger partial charge is 0.414 e. The first-order valence-electron chi connectivity index (χ1n) is 9.34. The highest BCUT2D eigenvalue weighted by Gasteiger charge is 2.32. The summed E-state index contributed by atoms with van der Waals surface area (Å²) < 4.78 is 5.30. The lowest BCUT2D eigenvalue weighted by Crippen LogP contribution is -2.34. The molecule has 2 amide bonds. The van der Waals surface area contributed by atoms with Crippen LogP contribution in [0.15, 0.2) is 48.5 Å². The minimum atomic E-state index is -0.421. The molecule has 0 aromatic heterocycles. The van der Waals surface area contributed by atoms with Gasteiger partial charge in [-0.15, -0.1) is 0 Å². The second-order valence-corrected chi connectivity index (χ2v) is 6.98. The Bertz CT molecular complexity index is 879. The fraction of sp³-hybridized carbons (Fsp3) is 0.318. The molecule has 1 saturated heterocycles. The summed E-state index contributed by atoms with van der Waals surface area (Å²) in [5.74, 6) is -0.285. The van der Waals surface area contributed by atoms with Crippen molar-refractivity contribution >= 4 is 23.5 Å². The zero-order chi connectivity index (χ0) is 20.1. The second kappa shape index (κ2) is 8.69. The maximum atomic E-state index is 12.3. The summed E-state index contributed by atoms with van der Waals surface area (Å²) in [6.45, 7) is 4.56. The van der Waals surface area contributed by atoms with Crippen LogP contribution in [0.4, 0.5) is 10.5 Å². The molecule has 6 heteroatoms. The van der Waals surface area contributed by atoms with E-state index in [1.165, 1.54) is 0 Å². The first kappa shape index (κ1) is 19.6. The maximum Gasteiger partial charge on any atom is 0.414 e. The third kappa shape index (κ3) is 4.76. The van der Waals surface area contributed by atoms with Gasteiger partial charge in [0.05, 0.1) is 13.1 Å². The molecular weight excluding hydrogens is 356 g/mol. The van der Waals surface area contributed by atoms with Gasteiger partial charge in [-0.3, -0.25) is 14.5 Å². The number of carbonyl (C=O) groups is 3. The van der Waals surface area contributed by atoms with Crippen LogP contribution in [-0.4, -0.2) is 37.0 Å². The van der Waals surface area contributed by atoms with Crippen LogP contribution in [0, 0.1) is 13.8 Å². The highest BCUT2D eigenvalue weighted by atomic mass is 16.6. The Kier molecular flexibility index (Phi) is 6.09. The molecule has 1 aliphatic rings. The van der Waals surface area contributed by atoms with E-state index < -0.39 is 12.2 Å². The van der Waals surface area contributed by atoms with Crippen LogP contribution in [0.5, 0.6) is 0 Å². The number of amides is 2. The molecule has 1 unspecified atom stereocenters. The molecular formula is C22H24N2O4. The van der Waals surface area contributed by atoms with E-state index >= 15 is 0 Å². The van der Waals surface area contributed by atoms with Gasteiger partial charge in [-0.05, 0) is 43.2 Å². The summed E-state index contributed by atoms with van der Waals surface area (Å²) in [5.41, 5.74) is 3.57. The second-order valence-electron chi connectivity index (χ2n) is 6.98. The molecule has 6 nitrogen and oxygen atoms in total. The summed E-state index contributed by atoms with van der Waals surface area (Å²) in [5, 5.41) is 2.75. The quantitative estimate of drug-likeness (QED) is 0.747. The van der Waals surface area contributed by atoms with Gasteiger partial charge < -0.3 is 10.1 Å². The first-order valence-corrected chi connectivity index (χ1v) is 9.34. The number of carbonyl (C=O) groups excluding carboxylic acids is 3. The number of nitrogens with zero attached hydrogens (tertiary/aromatic N) is 1. The van der Waals surface area contributed by atoms with Gasteiger partial charge >= 0.3 is 6.09 Å². The van der Waals surface area contributed by atoms with E-state index in [-0.39, 0.29) is 31.1 Å². The van der Waals surface area contributed by atoms with Gasteiger partial charge in [0.15, 0.2) is 5.78 Å². The minimum Gasteiger partial charge on any atom is -0.442 e. The molecule has 2 aromatic carbocycles. The minimum absolute atomic E-state index is 0.0548. The van der Waals surface area contributed by atoms with Crippen molar-refractivity contribution in [3.05, 3.63) is 65.2 Å². The highest BCUT2D eigenvalue weighted by molar-refractivity contribution is 5.98. The van der Waals surface area contributed by atoms with Crippen LogP contribution in [0.25, 0.3) is 0 Å². The lowest BCUT2D eigenvalue weighted by atomic mass is 10.0. The van der Waals surface area contributed by atoms with E-state index in [1.54, 1.807) is 11.0 Å². The number of anilines is 1. The van der Waals surface area contributed by atoms with E-state index in [0.29, 0.717) is 12.1 Å². The van der Waals surface area contributed by atoms with Crippen molar-refractivity contribution in [1.82, 2.24) is 5.32 Å². The number of para-hydroxylation sites is 1. The summed E-state index contributed by atoms with van der Waals surface area (Å²) in [4.78, 5) is 37.9. The topological polar surface area (TPSA) is 75.7 Å². The zero-order valence-corrected chi connectivity index (χ0v) is 16.1. The number of cyclic esters (lactones) is 1. The van der Waals surface area contributed by atoms with Crippen LogP contribution in [0.2, 0.25) is 0 Å². The molecule has 0 bridgehead atoms. The molecule has 1 atom stereocenters. The Morgan fingerprint density at radius 3 is 2.54 bits per heavy atom. The van der Waals surface area contributed by atoms with E-state index in [9.17, 15) is 14.4 Å². The van der Waals surface area contributed by atoms with Crippen molar-refractivity contribution in [3.8, 4) is 0 Å². The number of ketones is 1. The van der Waals surface area contributed by atoms with E-state index in [4.69, 9.17) is 4.74 Å². The van der Waals surface area contributed by atoms with Crippen molar-refractivity contribution in [1.29, 1.82) is 0 Å². The van der Waals surface area contributed by atoms with Gasteiger partial charge in [-0.1, -0.05) is 30.3 Å². The van der Waals surface area contributed by atoms with Gasteiger partial charge in [0.2, 0.25) is 5.91 Å². The Balaban J connectivity index is 1.44. The number of aryl methyl sites for hydroxylation is 2.